The molecule has 1 nitrogen and oxygen atoms in total. The highest BCUT2D eigenvalue weighted by Crippen LogP contribution is 2.54. The van der Waals surface area contributed by atoms with E-state index in [0.717, 1.165) is 24.8 Å². The Labute approximate surface area is 174 Å². The van der Waals surface area contributed by atoms with E-state index in [9.17, 15) is 30.7 Å². The molecule has 0 fully saturated rings. The second-order valence-electron chi connectivity index (χ2n) is 8.03. The molecule has 0 bridgehead atoms. The van der Waals surface area contributed by atoms with E-state index in [0.29, 0.717) is 28.9 Å². The first kappa shape index (κ1) is 21.7. The minimum absolute atomic E-state index is 0.139. The number of H-pyrrole nitrogens is 1. The minimum Gasteiger partial charge on any atom is -0.354 e. The van der Waals surface area contributed by atoms with Crippen molar-refractivity contribution < 1.29 is 30.7 Å². The van der Waals surface area contributed by atoms with Gasteiger partial charge in [0.25, 0.3) is 0 Å². The standard InChI is InChI=1S/C23H20F7N/c1-3-13-10-17(21(24,22(25,26)27)23(28,29)30)11-18-12(2)19(31-20(13)18)16-8-7-14-5-4-6-15(14)9-16/h7-11,31H,3-6H2,1-2H3. The minimum atomic E-state index is -6.14. The number of hydrogen-bond acceptors (Lipinski definition) is 0. The molecule has 0 aliphatic heterocycles. The predicted octanol–water partition coefficient (Wildman–Crippen LogP) is 7.48. The van der Waals surface area contributed by atoms with Crippen molar-refractivity contribution in [3.63, 3.8) is 0 Å². The molecule has 0 saturated heterocycles. The molecule has 0 atom stereocenters. The third-order valence-corrected chi connectivity index (χ3v) is 6.20. The zero-order chi connectivity index (χ0) is 22.8. The topological polar surface area (TPSA) is 15.8 Å². The number of nitrogens with one attached hydrogen (secondary N) is 1. The second kappa shape index (κ2) is 7.00. The van der Waals surface area contributed by atoms with Gasteiger partial charge in [-0.3, -0.25) is 0 Å². The van der Waals surface area contributed by atoms with Crippen LogP contribution in [0.5, 0.6) is 0 Å². The Morgan fingerprint density at radius 1 is 0.871 bits per heavy atom. The number of fused-ring (bicyclic) bond motifs is 2. The SMILES string of the molecule is CCc1cc(C(F)(C(F)(F)F)C(F)(F)F)cc2c(C)c(-c3ccc4c(c3)CCC4)[nH]c12. The van der Waals surface area contributed by atoms with Gasteiger partial charge in [0.05, 0.1) is 0 Å². The Morgan fingerprint density at radius 3 is 2.13 bits per heavy atom. The summed E-state index contributed by atoms with van der Waals surface area (Å²) in [6.45, 7) is 3.22. The molecule has 0 unspecified atom stereocenters. The van der Waals surface area contributed by atoms with E-state index in [2.05, 4.69) is 4.98 Å². The highest BCUT2D eigenvalue weighted by Gasteiger charge is 2.73. The van der Waals surface area contributed by atoms with Gasteiger partial charge >= 0.3 is 18.0 Å². The number of aryl methyl sites for hydroxylation is 4. The number of benzene rings is 2. The zero-order valence-electron chi connectivity index (χ0n) is 16.9. The van der Waals surface area contributed by atoms with Gasteiger partial charge in [-0.25, -0.2) is 4.39 Å². The molecule has 31 heavy (non-hydrogen) atoms. The first-order valence-electron chi connectivity index (χ1n) is 9.98. The van der Waals surface area contributed by atoms with Crippen LogP contribution in [0.25, 0.3) is 22.2 Å². The third kappa shape index (κ3) is 3.22. The molecule has 0 amide bonds. The van der Waals surface area contributed by atoms with Crippen LogP contribution in [0.2, 0.25) is 0 Å². The Balaban J connectivity index is 1.96. The number of aromatic amines is 1. The average molecular weight is 443 g/mol. The molecule has 1 heterocycles. The lowest BCUT2D eigenvalue weighted by Gasteiger charge is -2.30. The largest absolute Gasteiger partial charge is 0.435 e. The Morgan fingerprint density at radius 2 is 1.52 bits per heavy atom. The van der Waals surface area contributed by atoms with Crippen molar-refractivity contribution in [2.45, 2.75) is 57.6 Å². The van der Waals surface area contributed by atoms with Gasteiger partial charge in [0, 0.05) is 22.2 Å². The summed E-state index contributed by atoms with van der Waals surface area (Å²) in [5.74, 6) is 0. The molecule has 4 rings (SSSR count). The van der Waals surface area contributed by atoms with E-state index in [4.69, 9.17) is 0 Å². The maximum Gasteiger partial charge on any atom is 0.435 e. The molecule has 0 saturated carbocycles. The summed E-state index contributed by atoms with van der Waals surface area (Å²) in [6, 6.07) is 7.23. The molecule has 8 heteroatoms. The van der Waals surface area contributed by atoms with E-state index in [-0.39, 0.29) is 17.4 Å². The molecule has 166 valence electrons. The van der Waals surface area contributed by atoms with Crippen molar-refractivity contribution in [2.75, 3.05) is 0 Å². The van der Waals surface area contributed by atoms with Crippen LogP contribution in [0.4, 0.5) is 30.7 Å². The Bertz CT molecular complexity index is 1140. The lowest BCUT2D eigenvalue weighted by atomic mass is 9.90. The first-order valence-corrected chi connectivity index (χ1v) is 9.98. The average Bonchev–Trinajstić information content (AvgIpc) is 3.28. The molecule has 3 aromatic rings. The Hall–Kier alpha value is -2.51. The zero-order valence-corrected chi connectivity index (χ0v) is 16.9. The molecule has 1 aromatic heterocycles. The fraction of sp³-hybridized carbons (Fsp3) is 0.391. The molecule has 1 N–H and O–H groups in total. The van der Waals surface area contributed by atoms with Gasteiger partial charge < -0.3 is 4.98 Å². The summed E-state index contributed by atoms with van der Waals surface area (Å²) in [5, 5.41) is 0.153. The summed E-state index contributed by atoms with van der Waals surface area (Å²) in [5.41, 5.74) is -1.96. The second-order valence-corrected chi connectivity index (χ2v) is 8.03. The van der Waals surface area contributed by atoms with Crippen LogP contribution in [0.3, 0.4) is 0 Å². The van der Waals surface area contributed by atoms with Gasteiger partial charge in [-0.15, -0.1) is 0 Å². The summed E-state index contributed by atoms with van der Waals surface area (Å²) in [6.07, 6.45) is -9.19. The van der Waals surface area contributed by atoms with Gasteiger partial charge in [-0.2, -0.15) is 26.3 Å². The van der Waals surface area contributed by atoms with Crippen molar-refractivity contribution in [1.82, 2.24) is 4.98 Å². The summed E-state index contributed by atoms with van der Waals surface area (Å²) in [7, 11) is 0. The van der Waals surface area contributed by atoms with Crippen molar-refractivity contribution in [1.29, 1.82) is 0 Å². The highest BCUT2D eigenvalue weighted by atomic mass is 19.4. The number of hydrogen-bond donors (Lipinski definition) is 1. The molecule has 2 aromatic carbocycles. The lowest BCUT2D eigenvalue weighted by molar-refractivity contribution is -0.348. The van der Waals surface area contributed by atoms with E-state index >= 15 is 0 Å². The molecule has 1 aliphatic rings. The molecule has 1 aliphatic carbocycles. The van der Waals surface area contributed by atoms with Crippen molar-refractivity contribution in [2.24, 2.45) is 0 Å². The quantitative estimate of drug-likeness (QED) is 0.404. The van der Waals surface area contributed by atoms with Crippen LogP contribution >= 0.6 is 0 Å². The van der Waals surface area contributed by atoms with Crippen LogP contribution in [0.15, 0.2) is 30.3 Å². The van der Waals surface area contributed by atoms with Crippen LogP contribution in [-0.4, -0.2) is 17.3 Å². The molecule has 0 spiro atoms. The fourth-order valence-electron chi connectivity index (χ4n) is 4.48. The van der Waals surface area contributed by atoms with Gasteiger partial charge in [0.2, 0.25) is 0 Å². The van der Waals surface area contributed by atoms with E-state index in [1.54, 1.807) is 13.8 Å². The maximum atomic E-state index is 14.7. The van der Waals surface area contributed by atoms with Crippen molar-refractivity contribution >= 4 is 10.9 Å². The van der Waals surface area contributed by atoms with Crippen LogP contribution in [-0.2, 0) is 24.9 Å². The third-order valence-electron chi connectivity index (χ3n) is 6.20. The smallest absolute Gasteiger partial charge is 0.354 e. The van der Waals surface area contributed by atoms with Crippen LogP contribution in [0.1, 0.15) is 41.2 Å². The summed E-state index contributed by atoms with van der Waals surface area (Å²) < 4.78 is 94.6. The van der Waals surface area contributed by atoms with Crippen LogP contribution < -0.4 is 0 Å². The molecule has 0 radical (unpaired) electrons. The van der Waals surface area contributed by atoms with Gasteiger partial charge in [-0.1, -0.05) is 19.1 Å². The Kier molecular flexibility index (Phi) is 4.90. The maximum absolute atomic E-state index is 14.7. The van der Waals surface area contributed by atoms with Gasteiger partial charge in [0.1, 0.15) is 0 Å². The molecular formula is C23H20F7N. The number of halogens is 7. The number of aromatic nitrogens is 1. The van der Waals surface area contributed by atoms with E-state index in [1.165, 1.54) is 11.1 Å². The normalized spacial score (nSPS) is 15.0. The summed E-state index contributed by atoms with van der Waals surface area (Å²) in [4.78, 5) is 3.16. The van der Waals surface area contributed by atoms with Crippen molar-refractivity contribution in [3.8, 4) is 11.3 Å². The predicted molar refractivity (Wildman–Crippen MR) is 105 cm³/mol. The monoisotopic (exact) mass is 443 g/mol. The van der Waals surface area contributed by atoms with Gasteiger partial charge in [-0.05, 0) is 78.6 Å². The first-order chi connectivity index (χ1) is 14.4. The van der Waals surface area contributed by atoms with E-state index < -0.39 is 23.6 Å². The summed E-state index contributed by atoms with van der Waals surface area (Å²) >= 11 is 0. The number of rotatable bonds is 3. The number of alkyl halides is 7. The van der Waals surface area contributed by atoms with Crippen LogP contribution in [0, 0.1) is 6.92 Å². The highest BCUT2D eigenvalue weighted by molar-refractivity contribution is 5.93. The van der Waals surface area contributed by atoms with Crippen molar-refractivity contribution in [3.05, 3.63) is 58.1 Å². The van der Waals surface area contributed by atoms with E-state index in [1.807, 2.05) is 18.2 Å². The molecular weight excluding hydrogens is 423 g/mol. The fourth-order valence-corrected chi connectivity index (χ4v) is 4.48. The lowest BCUT2D eigenvalue weighted by Crippen LogP contribution is -2.50. The van der Waals surface area contributed by atoms with Gasteiger partial charge in [0.15, 0.2) is 0 Å².